The van der Waals surface area contributed by atoms with Gasteiger partial charge in [0.2, 0.25) is 4.32 Å². The van der Waals surface area contributed by atoms with Crippen molar-refractivity contribution >= 4 is 21.9 Å². The standard InChI is InChI=1S/C7H7BrN2O2/c1-2-12-6(11)7(8,5-10)3-4-9/h2-3H2,1H3. The van der Waals surface area contributed by atoms with Crippen LogP contribution in [0.15, 0.2) is 0 Å². The molecule has 64 valence electrons. The summed E-state index contributed by atoms with van der Waals surface area (Å²) < 4.78 is 3.09. The number of carbonyl (C=O) groups excluding carboxylic acids is 1. The fraction of sp³-hybridized carbons (Fsp3) is 0.571. The van der Waals surface area contributed by atoms with Gasteiger partial charge in [-0.25, -0.2) is 4.79 Å². The van der Waals surface area contributed by atoms with E-state index in [0.29, 0.717) is 0 Å². The highest BCUT2D eigenvalue weighted by Gasteiger charge is 2.37. The number of hydrogen-bond acceptors (Lipinski definition) is 4. The van der Waals surface area contributed by atoms with Crippen molar-refractivity contribution in [3.8, 4) is 12.1 Å². The van der Waals surface area contributed by atoms with Gasteiger partial charge in [0, 0.05) is 0 Å². The second-order valence-corrected chi connectivity index (χ2v) is 3.32. The van der Waals surface area contributed by atoms with Gasteiger partial charge in [-0.2, -0.15) is 10.5 Å². The summed E-state index contributed by atoms with van der Waals surface area (Å²) in [5, 5.41) is 16.9. The van der Waals surface area contributed by atoms with Crippen LogP contribution in [-0.2, 0) is 9.53 Å². The van der Waals surface area contributed by atoms with E-state index in [2.05, 4.69) is 20.7 Å². The van der Waals surface area contributed by atoms with Crippen molar-refractivity contribution in [1.82, 2.24) is 0 Å². The van der Waals surface area contributed by atoms with Gasteiger partial charge in [0.05, 0.1) is 25.2 Å². The number of carbonyl (C=O) groups is 1. The largest absolute Gasteiger partial charge is 0.464 e. The van der Waals surface area contributed by atoms with Gasteiger partial charge in [0.1, 0.15) is 0 Å². The summed E-state index contributed by atoms with van der Waals surface area (Å²) in [6.07, 6.45) is -0.220. The van der Waals surface area contributed by atoms with Crippen molar-refractivity contribution in [1.29, 1.82) is 10.5 Å². The summed E-state index contributed by atoms with van der Waals surface area (Å²) in [7, 11) is 0. The molecule has 1 atom stereocenters. The first-order valence-corrected chi connectivity index (χ1v) is 4.04. The molecule has 1 unspecified atom stereocenters. The third-order valence-electron chi connectivity index (χ3n) is 1.10. The predicted octanol–water partition coefficient (Wildman–Crippen LogP) is 1.12. The molecule has 0 rings (SSSR count). The highest BCUT2D eigenvalue weighted by molar-refractivity contribution is 9.10. The molecule has 0 saturated carbocycles. The van der Waals surface area contributed by atoms with Crippen LogP contribution < -0.4 is 0 Å². The van der Waals surface area contributed by atoms with E-state index < -0.39 is 10.3 Å². The lowest BCUT2D eigenvalue weighted by Crippen LogP contribution is -2.31. The summed E-state index contributed by atoms with van der Waals surface area (Å²) in [4.78, 5) is 11.0. The third kappa shape index (κ3) is 2.52. The Morgan fingerprint density at radius 1 is 1.67 bits per heavy atom. The molecule has 0 saturated heterocycles. The minimum absolute atomic E-state index is 0.194. The van der Waals surface area contributed by atoms with Crippen molar-refractivity contribution < 1.29 is 9.53 Å². The molecule has 0 fully saturated rings. The Hall–Kier alpha value is -1.07. The van der Waals surface area contributed by atoms with Crippen LogP contribution >= 0.6 is 15.9 Å². The third-order valence-corrected chi connectivity index (χ3v) is 1.88. The van der Waals surface area contributed by atoms with Gasteiger partial charge in [0.25, 0.3) is 0 Å². The Balaban J connectivity index is 4.45. The van der Waals surface area contributed by atoms with Crippen molar-refractivity contribution in [2.75, 3.05) is 6.61 Å². The normalized spacial score (nSPS) is 13.7. The molecule has 4 nitrogen and oxygen atoms in total. The summed E-state index contributed by atoms with van der Waals surface area (Å²) in [5.74, 6) is -0.714. The molecule has 12 heavy (non-hydrogen) atoms. The number of alkyl halides is 1. The molecule has 0 bridgehead atoms. The first kappa shape index (κ1) is 10.9. The van der Waals surface area contributed by atoms with Crippen LogP contribution in [0.1, 0.15) is 13.3 Å². The fourth-order valence-electron chi connectivity index (χ4n) is 0.512. The molecule has 0 spiro atoms. The van der Waals surface area contributed by atoms with Gasteiger partial charge < -0.3 is 4.74 Å². The molecule has 0 amide bonds. The maximum atomic E-state index is 11.0. The van der Waals surface area contributed by atoms with Gasteiger partial charge in [-0.1, -0.05) is 15.9 Å². The van der Waals surface area contributed by atoms with E-state index in [0.717, 1.165) is 0 Å². The summed E-state index contributed by atoms with van der Waals surface area (Å²) in [5.41, 5.74) is 0. The number of nitriles is 2. The molecular formula is C7H7BrN2O2. The Morgan fingerprint density at radius 3 is 2.58 bits per heavy atom. The zero-order chi connectivity index (χ0) is 9.61. The molecule has 0 aromatic heterocycles. The van der Waals surface area contributed by atoms with E-state index in [-0.39, 0.29) is 13.0 Å². The fourth-order valence-corrected chi connectivity index (χ4v) is 0.752. The van der Waals surface area contributed by atoms with E-state index in [1.165, 1.54) is 0 Å². The summed E-state index contributed by atoms with van der Waals surface area (Å²) in [6, 6.07) is 3.41. The highest BCUT2D eigenvalue weighted by Crippen LogP contribution is 2.22. The summed E-state index contributed by atoms with van der Waals surface area (Å²) in [6.45, 7) is 1.83. The molecule has 0 heterocycles. The zero-order valence-corrected chi connectivity index (χ0v) is 8.09. The predicted molar refractivity (Wildman–Crippen MR) is 44.1 cm³/mol. The van der Waals surface area contributed by atoms with Gasteiger partial charge in [-0.05, 0) is 6.92 Å². The van der Waals surface area contributed by atoms with Gasteiger partial charge in [-0.15, -0.1) is 0 Å². The maximum absolute atomic E-state index is 11.0. The number of nitrogens with zero attached hydrogens (tertiary/aromatic N) is 2. The Morgan fingerprint density at radius 2 is 2.25 bits per heavy atom. The Kier molecular flexibility index (Phi) is 4.31. The lowest BCUT2D eigenvalue weighted by atomic mass is 10.1. The van der Waals surface area contributed by atoms with Crippen molar-refractivity contribution in [3.05, 3.63) is 0 Å². The molecule has 0 N–H and O–H groups in total. The molecule has 0 aliphatic carbocycles. The van der Waals surface area contributed by atoms with Crippen molar-refractivity contribution in [3.63, 3.8) is 0 Å². The van der Waals surface area contributed by atoms with Gasteiger partial charge in [-0.3, -0.25) is 0 Å². The first-order valence-electron chi connectivity index (χ1n) is 3.25. The van der Waals surface area contributed by atoms with Crippen LogP contribution in [0, 0.1) is 22.7 Å². The van der Waals surface area contributed by atoms with Crippen LogP contribution in [0.4, 0.5) is 0 Å². The first-order chi connectivity index (χ1) is 5.60. The average molecular weight is 231 g/mol. The van der Waals surface area contributed by atoms with E-state index >= 15 is 0 Å². The second kappa shape index (κ2) is 4.74. The second-order valence-electron chi connectivity index (χ2n) is 1.97. The Labute approximate surface area is 78.9 Å². The van der Waals surface area contributed by atoms with Crippen LogP contribution in [0.2, 0.25) is 0 Å². The molecular weight excluding hydrogens is 224 g/mol. The Bertz CT molecular complexity index is 253. The van der Waals surface area contributed by atoms with E-state index in [4.69, 9.17) is 10.5 Å². The van der Waals surface area contributed by atoms with Gasteiger partial charge in [0.15, 0.2) is 0 Å². The number of esters is 1. The summed E-state index contributed by atoms with van der Waals surface area (Å²) >= 11 is 2.85. The van der Waals surface area contributed by atoms with Gasteiger partial charge >= 0.3 is 5.97 Å². The molecule has 0 aliphatic rings. The maximum Gasteiger partial charge on any atom is 0.338 e. The number of halogens is 1. The quantitative estimate of drug-likeness (QED) is 0.538. The number of rotatable bonds is 3. The van der Waals surface area contributed by atoms with E-state index in [1.807, 2.05) is 0 Å². The van der Waals surface area contributed by atoms with Crippen LogP contribution in [0.25, 0.3) is 0 Å². The number of ether oxygens (including phenoxy) is 1. The molecule has 0 aromatic carbocycles. The highest BCUT2D eigenvalue weighted by atomic mass is 79.9. The topological polar surface area (TPSA) is 73.9 Å². The SMILES string of the molecule is CCOC(=O)C(Br)(C#N)CC#N. The lowest BCUT2D eigenvalue weighted by molar-refractivity contribution is -0.144. The molecule has 0 aliphatic heterocycles. The van der Waals surface area contributed by atoms with Crippen molar-refractivity contribution in [2.45, 2.75) is 17.7 Å². The van der Waals surface area contributed by atoms with Crippen molar-refractivity contribution in [2.24, 2.45) is 0 Å². The monoisotopic (exact) mass is 230 g/mol. The van der Waals surface area contributed by atoms with E-state index in [1.54, 1.807) is 19.1 Å². The minimum Gasteiger partial charge on any atom is -0.464 e. The average Bonchev–Trinajstić information content (AvgIpc) is 2.05. The lowest BCUT2D eigenvalue weighted by Gasteiger charge is -2.12. The van der Waals surface area contributed by atoms with Crippen LogP contribution in [-0.4, -0.2) is 16.9 Å². The minimum atomic E-state index is -1.50. The molecule has 0 aromatic rings. The zero-order valence-electron chi connectivity index (χ0n) is 6.50. The molecule has 0 radical (unpaired) electrons. The smallest absolute Gasteiger partial charge is 0.338 e. The molecule has 5 heteroatoms. The van der Waals surface area contributed by atoms with E-state index in [9.17, 15) is 4.79 Å². The number of hydrogen-bond donors (Lipinski definition) is 0. The van der Waals surface area contributed by atoms with Crippen LogP contribution in [0.5, 0.6) is 0 Å². The van der Waals surface area contributed by atoms with Crippen LogP contribution in [0.3, 0.4) is 0 Å².